The van der Waals surface area contributed by atoms with Crippen LogP contribution >= 0.6 is 0 Å². The number of para-hydroxylation sites is 1. The lowest BCUT2D eigenvalue weighted by Gasteiger charge is -2.43. The van der Waals surface area contributed by atoms with Gasteiger partial charge in [0, 0.05) is 24.7 Å². The van der Waals surface area contributed by atoms with Gasteiger partial charge in [-0.3, -0.25) is 9.59 Å². The molecule has 9 heteroatoms. The van der Waals surface area contributed by atoms with Gasteiger partial charge in [-0.25, -0.2) is 4.39 Å². The van der Waals surface area contributed by atoms with E-state index in [2.05, 4.69) is 5.32 Å². The van der Waals surface area contributed by atoms with E-state index in [1.807, 2.05) is 6.92 Å². The topological polar surface area (TPSA) is 75.4 Å². The summed E-state index contributed by atoms with van der Waals surface area (Å²) in [6.07, 6.45) is -2.64. The quantitative estimate of drug-likeness (QED) is 0.556. The Morgan fingerprint density at radius 1 is 1.21 bits per heavy atom. The maximum absolute atomic E-state index is 15.2. The Bertz CT molecular complexity index is 1100. The molecule has 2 aliphatic rings. The highest BCUT2D eigenvalue weighted by Gasteiger charge is 2.59. The molecule has 0 unspecified atom stereocenters. The fraction of sp³-hybridized carbons (Fsp3) is 0.440. The van der Waals surface area contributed by atoms with Crippen molar-refractivity contribution in [3.63, 3.8) is 0 Å². The minimum absolute atomic E-state index is 0.00558. The van der Waals surface area contributed by atoms with E-state index in [4.69, 9.17) is 5.73 Å². The maximum Gasteiger partial charge on any atom is 0.416 e. The van der Waals surface area contributed by atoms with Crippen molar-refractivity contribution in [2.45, 2.75) is 50.2 Å². The largest absolute Gasteiger partial charge is 0.416 e. The first kappa shape index (κ1) is 24.0. The molecule has 5 nitrogen and oxygen atoms in total. The normalized spacial score (nSPS) is 21.4. The Kier molecular flexibility index (Phi) is 6.31. The van der Waals surface area contributed by atoms with Crippen molar-refractivity contribution in [3.8, 4) is 0 Å². The van der Waals surface area contributed by atoms with Crippen molar-refractivity contribution in [1.82, 2.24) is 4.90 Å². The van der Waals surface area contributed by atoms with Crippen molar-refractivity contribution >= 4 is 17.5 Å². The van der Waals surface area contributed by atoms with Gasteiger partial charge in [0.2, 0.25) is 5.91 Å². The standard InChI is InChI=1S/C25H27F4N3O2/c1-2-31-20-7-4-3-6-18(20)22(33)32-13-5-12-24(32,23(30)34)21(15-8-9-15)17-11-10-16(14-19(17)26)25(27,28)29/h3-4,6-7,10-11,14-15,21,31H,2,5,8-9,12-13H2,1H3,(H2,30,34)/t21-,24+/m1/s1. The molecule has 2 aromatic rings. The van der Waals surface area contributed by atoms with Gasteiger partial charge in [-0.2, -0.15) is 13.2 Å². The molecule has 3 N–H and O–H groups in total. The molecule has 182 valence electrons. The number of primary amides is 1. The molecule has 0 spiro atoms. The summed E-state index contributed by atoms with van der Waals surface area (Å²) in [6.45, 7) is 2.71. The summed E-state index contributed by atoms with van der Waals surface area (Å²) in [5.74, 6) is -3.21. The lowest BCUT2D eigenvalue weighted by atomic mass is 9.73. The van der Waals surface area contributed by atoms with E-state index in [0.29, 0.717) is 43.1 Å². The molecule has 0 radical (unpaired) electrons. The van der Waals surface area contributed by atoms with Gasteiger partial charge < -0.3 is 16.0 Å². The number of alkyl halides is 3. The summed E-state index contributed by atoms with van der Waals surface area (Å²) in [5, 5.41) is 3.13. The molecule has 1 heterocycles. The van der Waals surface area contributed by atoms with Gasteiger partial charge in [-0.1, -0.05) is 18.2 Å². The van der Waals surface area contributed by atoms with E-state index >= 15 is 4.39 Å². The third kappa shape index (κ3) is 4.12. The van der Waals surface area contributed by atoms with Crippen LogP contribution in [0.25, 0.3) is 0 Å². The number of halogens is 4. The van der Waals surface area contributed by atoms with Crippen LogP contribution in [0.4, 0.5) is 23.2 Å². The van der Waals surface area contributed by atoms with Gasteiger partial charge in [-0.15, -0.1) is 0 Å². The summed E-state index contributed by atoms with van der Waals surface area (Å²) >= 11 is 0. The number of hydrogen-bond acceptors (Lipinski definition) is 3. The Balaban J connectivity index is 1.81. The average molecular weight is 478 g/mol. The highest BCUT2D eigenvalue weighted by molar-refractivity contribution is 6.03. The number of nitrogens with one attached hydrogen (secondary N) is 1. The van der Waals surface area contributed by atoms with Gasteiger partial charge in [0.15, 0.2) is 0 Å². The Morgan fingerprint density at radius 3 is 2.50 bits per heavy atom. The van der Waals surface area contributed by atoms with E-state index in [-0.39, 0.29) is 24.4 Å². The number of benzene rings is 2. The molecular weight excluding hydrogens is 450 g/mol. The zero-order valence-corrected chi connectivity index (χ0v) is 18.8. The molecule has 4 rings (SSSR count). The minimum Gasteiger partial charge on any atom is -0.385 e. The molecule has 0 bridgehead atoms. The number of carbonyl (C=O) groups excluding carboxylic acids is 2. The van der Waals surface area contributed by atoms with E-state index in [1.165, 1.54) is 4.90 Å². The average Bonchev–Trinajstić information content (AvgIpc) is 3.51. The molecule has 2 aromatic carbocycles. The Morgan fingerprint density at radius 2 is 1.91 bits per heavy atom. The summed E-state index contributed by atoms with van der Waals surface area (Å²) in [5.41, 5.74) is 4.26. The molecular formula is C25H27F4N3O2. The molecule has 2 atom stereocenters. The van der Waals surface area contributed by atoms with Crippen LogP contribution in [0.5, 0.6) is 0 Å². The molecule has 2 amide bonds. The van der Waals surface area contributed by atoms with Crippen LogP contribution < -0.4 is 11.1 Å². The first-order valence-corrected chi connectivity index (χ1v) is 11.4. The molecule has 34 heavy (non-hydrogen) atoms. The third-order valence-corrected chi connectivity index (χ3v) is 6.89. The predicted octanol–water partition coefficient (Wildman–Crippen LogP) is 4.93. The van der Waals surface area contributed by atoms with E-state index < -0.39 is 40.8 Å². The zero-order chi connectivity index (χ0) is 24.7. The number of likely N-dealkylation sites (tertiary alicyclic amines) is 1. The SMILES string of the molecule is CCNc1ccccc1C(=O)N1CCC[C@@]1(C(N)=O)[C@@H](c1ccc(C(F)(F)F)cc1F)C1CC1. The Hall–Kier alpha value is -3.10. The van der Waals surface area contributed by atoms with Crippen LogP contribution in [-0.4, -0.2) is 35.3 Å². The van der Waals surface area contributed by atoms with E-state index in [1.54, 1.807) is 24.3 Å². The van der Waals surface area contributed by atoms with Crippen LogP contribution in [-0.2, 0) is 11.0 Å². The third-order valence-electron chi connectivity index (χ3n) is 6.89. The molecule has 1 aliphatic heterocycles. The van der Waals surface area contributed by atoms with Gasteiger partial charge >= 0.3 is 6.18 Å². The number of nitrogens with zero attached hydrogens (tertiary/aromatic N) is 1. The Labute approximate surface area is 195 Å². The molecule has 1 saturated heterocycles. The highest BCUT2D eigenvalue weighted by Crippen LogP contribution is 2.54. The van der Waals surface area contributed by atoms with Crippen molar-refractivity contribution in [2.24, 2.45) is 11.7 Å². The maximum atomic E-state index is 15.2. The highest BCUT2D eigenvalue weighted by atomic mass is 19.4. The number of nitrogens with two attached hydrogens (primary N) is 1. The molecule has 2 fully saturated rings. The number of anilines is 1. The first-order chi connectivity index (χ1) is 16.1. The van der Waals surface area contributed by atoms with Crippen molar-refractivity contribution in [1.29, 1.82) is 0 Å². The predicted molar refractivity (Wildman–Crippen MR) is 120 cm³/mol. The van der Waals surface area contributed by atoms with Crippen LogP contribution in [0.2, 0.25) is 0 Å². The van der Waals surface area contributed by atoms with E-state index in [0.717, 1.165) is 12.1 Å². The summed E-state index contributed by atoms with van der Waals surface area (Å²) in [4.78, 5) is 28.2. The number of carbonyl (C=O) groups is 2. The number of hydrogen-bond donors (Lipinski definition) is 2. The van der Waals surface area contributed by atoms with Crippen molar-refractivity contribution in [3.05, 3.63) is 65.0 Å². The lowest BCUT2D eigenvalue weighted by molar-refractivity contribution is -0.138. The van der Waals surface area contributed by atoms with Crippen LogP contribution in [0.15, 0.2) is 42.5 Å². The van der Waals surface area contributed by atoms with Crippen LogP contribution in [0.3, 0.4) is 0 Å². The second-order valence-electron chi connectivity index (χ2n) is 8.97. The van der Waals surface area contributed by atoms with E-state index in [9.17, 15) is 22.8 Å². The van der Waals surface area contributed by atoms with Crippen molar-refractivity contribution in [2.75, 3.05) is 18.4 Å². The second kappa shape index (κ2) is 8.92. The molecule has 1 aliphatic carbocycles. The van der Waals surface area contributed by atoms with Gasteiger partial charge in [0.25, 0.3) is 5.91 Å². The van der Waals surface area contributed by atoms with Gasteiger partial charge in [-0.05, 0) is 68.4 Å². The summed E-state index contributed by atoms with van der Waals surface area (Å²) in [6, 6.07) is 9.28. The van der Waals surface area contributed by atoms with Crippen LogP contribution in [0, 0.1) is 11.7 Å². The summed E-state index contributed by atoms with van der Waals surface area (Å²) < 4.78 is 54.6. The molecule has 0 aromatic heterocycles. The number of amides is 2. The van der Waals surface area contributed by atoms with Gasteiger partial charge in [0.1, 0.15) is 11.4 Å². The van der Waals surface area contributed by atoms with Crippen molar-refractivity contribution < 1.29 is 27.2 Å². The fourth-order valence-electron chi connectivity index (χ4n) is 5.30. The monoisotopic (exact) mass is 477 g/mol. The smallest absolute Gasteiger partial charge is 0.385 e. The zero-order valence-electron chi connectivity index (χ0n) is 18.8. The van der Waals surface area contributed by atoms with Gasteiger partial charge in [0.05, 0.1) is 11.1 Å². The number of rotatable bonds is 7. The minimum atomic E-state index is -4.69. The van der Waals surface area contributed by atoms with Crippen LogP contribution in [0.1, 0.15) is 60.0 Å². The summed E-state index contributed by atoms with van der Waals surface area (Å²) in [7, 11) is 0. The molecule has 1 saturated carbocycles. The fourth-order valence-corrected chi connectivity index (χ4v) is 5.30. The second-order valence-corrected chi connectivity index (χ2v) is 8.97. The first-order valence-electron chi connectivity index (χ1n) is 11.4. The lowest BCUT2D eigenvalue weighted by Crippen LogP contribution is -2.60.